The van der Waals surface area contributed by atoms with Gasteiger partial charge in [-0.25, -0.2) is 4.57 Å². The molecular formula is C20H19O3P. The second kappa shape index (κ2) is 6.64. The lowest BCUT2D eigenvalue weighted by Crippen LogP contribution is -2.10. The van der Waals surface area contributed by atoms with Crippen LogP contribution in [0, 0.1) is 13.8 Å². The first-order valence-corrected chi connectivity index (χ1v) is 9.30. The molecule has 1 N–H and O–H groups in total. The van der Waals surface area contributed by atoms with Gasteiger partial charge < -0.3 is 9.42 Å². The number of aryl methyl sites for hydroxylation is 2. The van der Waals surface area contributed by atoms with E-state index in [2.05, 4.69) is 0 Å². The largest absolute Gasteiger partial charge is 0.420 e. The Morgan fingerprint density at radius 1 is 0.833 bits per heavy atom. The van der Waals surface area contributed by atoms with Crippen LogP contribution < -0.4 is 9.83 Å². The fraction of sp³-hybridized carbons (Fsp3) is 0.100. The van der Waals surface area contributed by atoms with Gasteiger partial charge in [0.05, 0.1) is 5.30 Å². The molecule has 0 amide bonds. The molecule has 0 aromatic heterocycles. The lowest BCUT2D eigenvalue weighted by atomic mass is 10.0. The van der Waals surface area contributed by atoms with Crippen molar-refractivity contribution in [2.45, 2.75) is 13.8 Å². The molecule has 122 valence electrons. The van der Waals surface area contributed by atoms with Gasteiger partial charge in [-0.1, -0.05) is 66.2 Å². The van der Waals surface area contributed by atoms with Crippen LogP contribution in [0.2, 0.25) is 0 Å². The lowest BCUT2D eigenvalue weighted by Gasteiger charge is -2.18. The van der Waals surface area contributed by atoms with E-state index in [0.29, 0.717) is 5.75 Å². The lowest BCUT2D eigenvalue weighted by molar-refractivity contribution is 0.393. The summed E-state index contributed by atoms with van der Waals surface area (Å²) in [5, 5.41) is 0.287. The molecule has 0 aliphatic heterocycles. The van der Waals surface area contributed by atoms with Gasteiger partial charge in [-0.3, -0.25) is 0 Å². The second-order valence-electron chi connectivity index (χ2n) is 5.76. The molecule has 24 heavy (non-hydrogen) atoms. The van der Waals surface area contributed by atoms with Crippen LogP contribution in [0.25, 0.3) is 11.1 Å². The second-order valence-corrected chi connectivity index (χ2v) is 7.50. The maximum Gasteiger partial charge on any atom is 0.408 e. The molecule has 0 aliphatic rings. The van der Waals surface area contributed by atoms with Crippen molar-refractivity contribution in [2.24, 2.45) is 0 Å². The predicted molar refractivity (Wildman–Crippen MR) is 97.9 cm³/mol. The molecule has 3 nitrogen and oxygen atoms in total. The first-order chi connectivity index (χ1) is 11.5. The Hall–Kier alpha value is -2.35. The van der Waals surface area contributed by atoms with Crippen molar-refractivity contribution in [3.05, 3.63) is 83.9 Å². The highest BCUT2D eigenvalue weighted by molar-refractivity contribution is 7.61. The van der Waals surface area contributed by atoms with Crippen LogP contribution >= 0.6 is 7.60 Å². The number of benzene rings is 3. The van der Waals surface area contributed by atoms with E-state index < -0.39 is 7.60 Å². The molecule has 1 atom stereocenters. The monoisotopic (exact) mass is 338 g/mol. The van der Waals surface area contributed by atoms with Gasteiger partial charge in [0.25, 0.3) is 0 Å². The van der Waals surface area contributed by atoms with Gasteiger partial charge in [0.15, 0.2) is 0 Å². The zero-order valence-corrected chi connectivity index (χ0v) is 14.5. The zero-order chi connectivity index (χ0) is 17.2. The number of hydrogen-bond donors (Lipinski definition) is 1. The van der Waals surface area contributed by atoms with E-state index in [9.17, 15) is 9.46 Å². The minimum absolute atomic E-state index is 0.287. The molecule has 0 spiro atoms. The highest BCUT2D eigenvalue weighted by Crippen LogP contribution is 2.46. The maximum atomic E-state index is 12.8. The van der Waals surface area contributed by atoms with Crippen LogP contribution in [0.5, 0.6) is 5.75 Å². The molecule has 0 saturated heterocycles. The Bertz CT molecular complexity index is 887. The minimum Gasteiger partial charge on any atom is -0.420 e. The van der Waals surface area contributed by atoms with E-state index in [0.717, 1.165) is 22.3 Å². The van der Waals surface area contributed by atoms with Crippen LogP contribution in [-0.4, -0.2) is 4.89 Å². The van der Waals surface area contributed by atoms with Crippen LogP contribution in [0.3, 0.4) is 0 Å². The van der Waals surface area contributed by atoms with Crippen molar-refractivity contribution in [1.29, 1.82) is 0 Å². The maximum absolute atomic E-state index is 12.8. The predicted octanol–water partition coefficient (Wildman–Crippen LogP) is 4.86. The summed E-state index contributed by atoms with van der Waals surface area (Å²) >= 11 is 0. The third-order valence-corrected chi connectivity index (χ3v) is 5.25. The summed E-state index contributed by atoms with van der Waals surface area (Å²) in [6.45, 7) is 3.80. The van der Waals surface area contributed by atoms with E-state index in [1.807, 2.05) is 62.4 Å². The van der Waals surface area contributed by atoms with Gasteiger partial charge in [-0.15, -0.1) is 0 Å². The highest BCUT2D eigenvalue weighted by atomic mass is 31.2. The van der Waals surface area contributed by atoms with Gasteiger partial charge in [0.1, 0.15) is 5.75 Å². The van der Waals surface area contributed by atoms with Crippen molar-refractivity contribution < 1.29 is 14.0 Å². The third kappa shape index (κ3) is 3.43. The SMILES string of the molecule is Cc1ccc(P(=O)(O)Oc2c(C)cccc2-c2ccccc2)cc1. The van der Waals surface area contributed by atoms with Crippen LogP contribution in [0.4, 0.5) is 0 Å². The average molecular weight is 338 g/mol. The summed E-state index contributed by atoms with van der Waals surface area (Å²) in [5.74, 6) is 0.440. The van der Waals surface area contributed by atoms with Crippen molar-refractivity contribution in [3.63, 3.8) is 0 Å². The van der Waals surface area contributed by atoms with Gasteiger partial charge in [-0.2, -0.15) is 0 Å². The number of rotatable bonds is 4. The van der Waals surface area contributed by atoms with E-state index in [-0.39, 0.29) is 5.30 Å². The zero-order valence-electron chi connectivity index (χ0n) is 13.6. The van der Waals surface area contributed by atoms with E-state index in [1.54, 1.807) is 24.3 Å². The molecule has 0 aliphatic carbocycles. The molecule has 0 radical (unpaired) electrons. The first kappa shape index (κ1) is 16.5. The quantitative estimate of drug-likeness (QED) is 0.691. The molecule has 4 heteroatoms. The van der Waals surface area contributed by atoms with E-state index >= 15 is 0 Å². The molecular weight excluding hydrogens is 319 g/mol. The molecule has 3 aromatic rings. The standard InChI is InChI=1S/C20H19O3P/c1-15-11-13-18(14-12-15)24(21,22)23-20-16(2)7-6-10-19(20)17-8-4-3-5-9-17/h3-14H,1-2H3,(H,21,22). The fourth-order valence-electron chi connectivity index (χ4n) is 2.53. The van der Waals surface area contributed by atoms with E-state index in [1.165, 1.54) is 0 Å². The van der Waals surface area contributed by atoms with Gasteiger partial charge in [-0.05, 0) is 37.1 Å². The fourth-order valence-corrected chi connectivity index (χ4v) is 3.65. The Kier molecular flexibility index (Phi) is 4.57. The van der Waals surface area contributed by atoms with Gasteiger partial charge in [0, 0.05) is 5.56 Å². The topological polar surface area (TPSA) is 46.5 Å². The van der Waals surface area contributed by atoms with Crippen molar-refractivity contribution in [1.82, 2.24) is 0 Å². The van der Waals surface area contributed by atoms with Crippen LogP contribution in [-0.2, 0) is 4.57 Å². The Balaban J connectivity index is 2.04. The third-order valence-electron chi connectivity index (χ3n) is 3.87. The highest BCUT2D eigenvalue weighted by Gasteiger charge is 2.26. The van der Waals surface area contributed by atoms with Crippen LogP contribution in [0.15, 0.2) is 72.8 Å². The Labute approximate surface area is 142 Å². The summed E-state index contributed by atoms with van der Waals surface area (Å²) in [4.78, 5) is 10.5. The molecule has 1 unspecified atom stereocenters. The molecule has 3 rings (SSSR count). The number of para-hydroxylation sites is 1. The minimum atomic E-state index is -3.96. The van der Waals surface area contributed by atoms with Crippen molar-refractivity contribution in [2.75, 3.05) is 0 Å². The Morgan fingerprint density at radius 3 is 2.17 bits per heavy atom. The number of hydrogen-bond acceptors (Lipinski definition) is 2. The summed E-state index contributed by atoms with van der Waals surface area (Å²) in [6, 6.07) is 22.3. The molecule has 3 aromatic carbocycles. The molecule has 0 saturated carbocycles. The molecule has 0 bridgehead atoms. The Morgan fingerprint density at radius 2 is 1.50 bits per heavy atom. The summed E-state index contributed by atoms with van der Waals surface area (Å²) in [7, 11) is -3.96. The van der Waals surface area contributed by atoms with Crippen molar-refractivity contribution in [3.8, 4) is 16.9 Å². The summed E-state index contributed by atoms with van der Waals surface area (Å²) < 4.78 is 18.4. The van der Waals surface area contributed by atoms with E-state index in [4.69, 9.17) is 4.52 Å². The average Bonchev–Trinajstić information content (AvgIpc) is 2.58. The molecule has 0 heterocycles. The van der Waals surface area contributed by atoms with Crippen molar-refractivity contribution >= 4 is 12.9 Å². The van der Waals surface area contributed by atoms with Gasteiger partial charge >= 0.3 is 7.60 Å². The normalized spacial score (nSPS) is 13.3. The summed E-state index contributed by atoms with van der Waals surface area (Å²) in [5.41, 5.74) is 3.59. The van der Waals surface area contributed by atoms with Crippen LogP contribution in [0.1, 0.15) is 11.1 Å². The first-order valence-electron chi connectivity index (χ1n) is 7.72. The summed E-state index contributed by atoms with van der Waals surface area (Å²) in [6.07, 6.45) is 0. The molecule has 0 fully saturated rings. The van der Waals surface area contributed by atoms with Gasteiger partial charge in [0.2, 0.25) is 0 Å². The smallest absolute Gasteiger partial charge is 0.408 e.